The van der Waals surface area contributed by atoms with E-state index in [1.165, 1.54) is 82.1 Å². The van der Waals surface area contributed by atoms with Crippen molar-refractivity contribution in [3.63, 3.8) is 0 Å². The number of benzene rings is 8. The topological polar surface area (TPSA) is 17.6 Å². The summed E-state index contributed by atoms with van der Waals surface area (Å²) in [6, 6.07) is 59.4. The molecule has 2 nitrogen and oxygen atoms in total. The van der Waals surface area contributed by atoms with E-state index in [1.54, 1.807) is 0 Å². The maximum Gasteiger partial charge on any atom is 0.135 e. The molecule has 0 spiro atoms. The summed E-state index contributed by atoms with van der Waals surface area (Å²) in [6.07, 6.45) is 4.12. The highest BCUT2D eigenvalue weighted by molar-refractivity contribution is 6.23. The third-order valence-electron chi connectivity index (χ3n) is 10.7. The van der Waals surface area contributed by atoms with Crippen LogP contribution in [0.1, 0.15) is 0 Å². The van der Waals surface area contributed by atoms with Crippen molar-refractivity contribution in [1.82, 2.24) is 4.40 Å². The van der Waals surface area contributed by atoms with Crippen molar-refractivity contribution in [3.05, 3.63) is 176 Å². The first-order valence-electron chi connectivity index (χ1n) is 17.2. The van der Waals surface area contributed by atoms with E-state index >= 15 is 0 Å². The van der Waals surface area contributed by atoms with Crippen LogP contribution in [0.4, 0.5) is 0 Å². The van der Waals surface area contributed by atoms with E-state index in [0.717, 1.165) is 22.1 Å². The van der Waals surface area contributed by atoms with Crippen molar-refractivity contribution in [2.75, 3.05) is 0 Å². The second-order valence-electron chi connectivity index (χ2n) is 13.2. The Hall–Kier alpha value is -6.64. The van der Waals surface area contributed by atoms with Crippen molar-refractivity contribution >= 4 is 59.7 Å². The fraction of sp³-hybridized carbons (Fsp3) is 0. The summed E-state index contributed by atoms with van der Waals surface area (Å²) in [5.41, 5.74) is 13.0. The second kappa shape index (κ2) is 10.4. The molecule has 0 radical (unpaired) electrons. The largest absolute Gasteiger partial charge is 0.464 e. The Balaban J connectivity index is 1.10. The van der Waals surface area contributed by atoms with Gasteiger partial charge in [0.15, 0.2) is 0 Å². The Morgan fingerprint density at radius 2 is 0.960 bits per heavy atom. The molecule has 0 saturated heterocycles. The van der Waals surface area contributed by atoms with Gasteiger partial charge in [0.1, 0.15) is 5.58 Å². The summed E-state index contributed by atoms with van der Waals surface area (Å²) < 4.78 is 8.61. The molecule has 11 aromatic rings. The summed E-state index contributed by atoms with van der Waals surface area (Å²) in [7, 11) is 0. The minimum Gasteiger partial charge on any atom is -0.464 e. The van der Waals surface area contributed by atoms with Crippen LogP contribution in [-0.2, 0) is 0 Å². The predicted molar refractivity (Wildman–Crippen MR) is 210 cm³/mol. The lowest BCUT2D eigenvalue weighted by molar-refractivity contribution is 0.617. The van der Waals surface area contributed by atoms with Gasteiger partial charge < -0.3 is 8.82 Å². The van der Waals surface area contributed by atoms with Crippen LogP contribution in [0.3, 0.4) is 0 Å². The molecule has 232 valence electrons. The minimum absolute atomic E-state index is 0.893. The third-order valence-corrected chi connectivity index (χ3v) is 10.7. The van der Waals surface area contributed by atoms with E-state index in [2.05, 4.69) is 174 Å². The van der Waals surface area contributed by atoms with Gasteiger partial charge in [0.2, 0.25) is 0 Å². The van der Waals surface area contributed by atoms with Crippen LogP contribution < -0.4 is 0 Å². The highest BCUT2D eigenvalue weighted by Gasteiger charge is 2.21. The van der Waals surface area contributed by atoms with Gasteiger partial charge in [-0.05, 0) is 78.7 Å². The first kappa shape index (κ1) is 27.3. The summed E-state index contributed by atoms with van der Waals surface area (Å²) in [5.74, 6) is 0. The van der Waals surface area contributed by atoms with E-state index in [-0.39, 0.29) is 0 Å². The lowest BCUT2D eigenvalue weighted by Crippen LogP contribution is -1.90. The standard InChI is InChI=1S/C48H29NO/c1-2-11-31(12-3-1)44-34-13-4-6-15-36(34)45(37-16-7-5-14-35(37)44)32-23-21-30(22-24-32)41-29-50-43-20-10-18-38(46(41)43)39-26-25-33-27-28-49-42-19-9-8-17-40(42)47(39)48(33)49/h1-29H. The molecule has 3 aromatic heterocycles. The first-order valence-corrected chi connectivity index (χ1v) is 17.2. The Morgan fingerprint density at radius 3 is 1.66 bits per heavy atom. The molecule has 3 heterocycles. The molecule has 0 fully saturated rings. The number of rotatable bonds is 4. The zero-order chi connectivity index (χ0) is 32.8. The zero-order valence-electron chi connectivity index (χ0n) is 27.1. The minimum atomic E-state index is 0.893. The van der Waals surface area contributed by atoms with Crippen molar-refractivity contribution in [1.29, 1.82) is 0 Å². The van der Waals surface area contributed by atoms with Gasteiger partial charge in [-0.25, -0.2) is 0 Å². The van der Waals surface area contributed by atoms with E-state index in [1.807, 2.05) is 6.26 Å². The number of aromatic nitrogens is 1. The molecule has 0 aliphatic heterocycles. The normalized spacial score (nSPS) is 12.0. The lowest BCUT2D eigenvalue weighted by atomic mass is 9.85. The van der Waals surface area contributed by atoms with Gasteiger partial charge in [-0.2, -0.15) is 0 Å². The van der Waals surface area contributed by atoms with Gasteiger partial charge in [0.05, 0.1) is 17.3 Å². The molecule has 11 rings (SSSR count). The molecule has 0 bridgehead atoms. The number of hydrogen-bond acceptors (Lipinski definition) is 1. The Morgan fingerprint density at radius 1 is 0.380 bits per heavy atom. The number of furan rings is 1. The van der Waals surface area contributed by atoms with Crippen LogP contribution in [0, 0.1) is 0 Å². The fourth-order valence-electron chi connectivity index (χ4n) is 8.52. The van der Waals surface area contributed by atoms with E-state index in [4.69, 9.17) is 4.42 Å². The van der Waals surface area contributed by atoms with Crippen LogP contribution in [0.15, 0.2) is 181 Å². The van der Waals surface area contributed by atoms with E-state index in [0.29, 0.717) is 0 Å². The van der Waals surface area contributed by atoms with Gasteiger partial charge in [-0.3, -0.25) is 0 Å². The predicted octanol–water partition coefficient (Wildman–Crippen LogP) is 13.4. The summed E-state index contributed by atoms with van der Waals surface area (Å²) in [4.78, 5) is 0. The van der Waals surface area contributed by atoms with Crippen LogP contribution in [0.5, 0.6) is 0 Å². The average molecular weight is 636 g/mol. The monoisotopic (exact) mass is 635 g/mol. The van der Waals surface area contributed by atoms with Gasteiger partial charge in [0, 0.05) is 33.3 Å². The van der Waals surface area contributed by atoms with Crippen LogP contribution >= 0.6 is 0 Å². The van der Waals surface area contributed by atoms with E-state index < -0.39 is 0 Å². The molecule has 2 heteroatoms. The van der Waals surface area contributed by atoms with Crippen molar-refractivity contribution < 1.29 is 4.42 Å². The molecule has 0 aliphatic carbocycles. The second-order valence-corrected chi connectivity index (χ2v) is 13.2. The molecule has 0 unspecified atom stereocenters. The molecule has 0 N–H and O–H groups in total. The highest BCUT2D eigenvalue weighted by atomic mass is 16.3. The van der Waals surface area contributed by atoms with Crippen LogP contribution in [0.25, 0.3) is 104 Å². The van der Waals surface area contributed by atoms with Crippen molar-refractivity contribution in [3.8, 4) is 44.5 Å². The fourth-order valence-corrected chi connectivity index (χ4v) is 8.52. The Kier molecular flexibility index (Phi) is 5.70. The van der Waals surface area contributed by atoms with Crippen LogP contribution in [0.2, 0.25) is 0 Å². The smallest absolute Gasteiger partial charge is 0.135 e. The zero-order valence-corrected chi connectivity index (χ0v) is 27.1. The number of fused-ring (bicyclic) bond motifs is 6. The molecule has 0 aliphatic rings. The molecule has 0 saturated carbocycles. The maximum atomic E-state index is 6.27. The molecule has 0 amide bonds. The molecule has 0 atom stereocenters. The third kappa shape index (κ3) is 3.79. The molecule has 50 heavy (non-hydrogen) atoms. The SMILES string of the molecule is c1ccc(-c2c3ccccc3c(-c3ccc(-c4coc5cccc(-c6ccc7ccn8c9ccccc9c6c78)c45)cc3)c3ccccc23)cc1. The molecule has 8 aromatic carbocycles. The number of para-hydroxylation sites is 1. The van der Waals surface area contributed by atoms with E-state index in [9.17, 15) is 0 Å². The van der Waals surface area contributed by atoms with Crippen LogP contribution in [-0.4, -0.2) is 4.40 Å². The molecular formula is C48H29NO. The highest BCUT2D eigenvalue weighted by Crippen LogP contribution is 2.46. The quantitative estimate of drug-likeness (QED) is 0.176. The van der Waals surface area contributed by atoms with Gasteiger partial charge >= 0.3 is 0 Å². The lowest BCUT2D eigenvalue weighted by Gasteiger charge is -2.18. The first-order chi connectivity index (χ1) is 24.8. The van der Waals surface area contributed by atoms with Gasteiger partial charge in [-0.15, -0.1) is 0 Å². The van der Waals surface area contributed by atoms with Crippen molar-refractivity contribution in [2.24, 2.45) is 0 Å². The summed E-state index contributed by atoms with van der Waals surface area (Å²) in [6.45, 7) is 0. The van der Waals surface area contributed by atoms with Gasteiger partial charge in [0.25, 0.3) is 0 Å². The number of nitrogens with zero attached hydrogens (tertiary/aromatic N) is 1. The molecular weight excluding hydrogens is 607 g/mol. The van der Waals surface area contributed by atoms with Gasteiger partial charge in [-0.1, -0.05) is 146 Å². The maximum absolute atomic E-state index is 6.27. The Bertz CT molecular complexity index is 3010. The number of hydrogen-bond donors (Lipinski definition) is 0. The average Bonchev–Trinajstić information content (AvgIpc) is 3.91. The van der Waals surface area contributed by atoms with Crippen molar-refractivity contribution in [2.45, 2.75) is 0 Å². The summed E-state index contributed by atoms with van der Waals surface area (Å²) in [5, 5.41) is 10.00. The summed E-state index contributed by atoms with van der Waals surface area (Å²) >= 11 is 0. The Labute approximate surface area is 288 Å².